The van der Waals surface area contributed by atoms with Crippen LogP contribution >= 0.6 is 24.2 Å². The van der Waals surface area contributed by atoms with Crippen LogP contribution in [0, 0.1) is 0 Å². The molecule has 0 saturated carbocycles. The summed E-state index contributed by atoms with van der Waals surface area (Å²) >= 11 is 1.01. The second-order valence-electron chi connectivity index (χ2n) is 5.55. The van der Waals surface area contributed by atoms with Gasteiger partial charge in [-0.3, -0.25) is 4.79 Å². The van der Waals surface area contributed by atoms with Crippen molar-refractivity contribution in [3.05, 3.63) is 71.3 Å². The SMILES string of the molecule is Cl.NC(COC(=O)SCc1ccccc1CCc1ccccc1)C(=O)O. The Bertz CT molecular complexity index is 712. The summed E-state index contributed by atoms with van der Waals surface area (Å²) in [6, 6.07) is 17.0. The molecule has 0 saturated heterocycles. The number of ether oxygens (including phenoxy) is 1. The van der Waals surface area contributed by atoms with E-state index in [1.165, 1.54) is 11.1 Å². The summed E-state index contributed by atoms with van der Waals surface area (Å²) in [5, 5.41) is 8.15. The zero-order valence-electron chi connectivity index (χ0n) is 14.2. The number of aryl methyl sites for hydroxylation is 2. The van der Waals surface area contributed by atoms with Crippen LogP contribution in [0.25, 0.3) is 0 Å². The van der Waals surface area contributed by atoms with Gasteiger partial charge in [0, 0.05) is 5.75 Å². The first-order valence-corrected chi connectivity index (χ1v) is 8.93. The molecular formula is C19H22ClNO4S. The van der Waals surface area contributed by atoms with Gasteiger partial charge in [0.2, 0.25) is 0 Å². The highest BCUT2D eigenvalue weighted by Gasteiger charge is 2.15. The first-order chi connectivity index (χ1) is 12.1. The van der Waals surface area contributed by atoms with Gasteiger partial charge in [0.25, 0.3) is 0 Å². The van der Waals surface area contributed by atoms with E-state index in [-0.39, 0.29) is 19.0 Å². The topological polar surface area (TPSA) is 89.6 Å². The van der Waals surface area contributed by atoms with Gasteiger partial charge in [0.05, 0.1) is 0 Å². The number of aliphatic carboxylic acids is 1. The highest BCUT2D eigenvalue weighted by molar-refractivity contribution is 8.12. The van der Waals surface area contributed by atoms with Crippen LogP contribution in [0.15, 0.2) is 54.6 Å². The minimum atomic E-state index is -1.19. The van der Waals surface area contributed by atoms with Gasteiger partial charge in [-0.1, -0.05) is 54.6 Å². The third-order valence-corrected chi connectivity index (χ3v) is 4.50. The third-order valence-electron chi connectivity index (χ3n) is 3.69. The van der Waals surface area contributed by atoms with Crippen molar-refractivity contribution in [3.63, 3.8) is 0 Å². The molecular weight excluding hydrogens is 374 g/mol. The molecule has 0 aliphatic heterocycles. The number of carboxylic acid groups (broad SMARTS) is 1. The molecule has 3 N–H and O–H groups in total. The molecule has 1 atom stereocenters. The molecule has 5 nitrogen and oxygen atoms in total. The van der Waals surface area contributed by atoms with Crippen LogP contribution in [0.4, 0.5) is 4.79 Å². The van der Waals surface area contributed by atoms with Gasteiger partial charge in [-0.05, 0) is 41.3 Å². The molecule has 0 radical (unpaired) electrons. The Labute approximate surface area is 163 Å². The lowest BCUT2D eigenvalue weighted by atomic mass is 10.0. The number of hydrogen-bond donors (Lipinski definition) is 2. The molecule has 2 rings (SSSR count). The molecule has 2 aromatic carbocycles. The molecule has 1 unspecified atom stereocenters. The van der Waals surface area contributed by atoms with E-state index in [1.54, 1.807) is 0 Å². The number of carbonyl (C=O) groups excluding carboxylic acids is 1. The van der Waals surface area contributed by atoms with Crippen molar-refractivity contribution in [2.45, 2.75) is 24.6 Å². The average Bonchev–Trinajstić information content (AvgIpc) is 2.64. The van der Waals surface area contributed by atoms with E-state index in [0.29, 0.717) is 5.75 Å². The second-order valence-corrected chi connectivity index (χ2v) is 6.46. The fraction of sp³-hybridized carbons (Fsp3) is 0.263. The number of rotatable bonds is 8. The second kappa shape index (κ2) is 11.6. The van der Waals surface area contributed by atoms with Gasteiger partial charge in [-0.25, -0.2) is 4.79 Å². The molecule has 0 fully saturated rings. The molecule has 0 bridgehead atoms. The zero-order valence-corrected chi connectivity index (χ0v) is 15.8. The molecule has 0 aliphatic carbocycles. The Balaban J connectivity index is 0.00000338. The Morgan fingerprint density at radius 1 is 1.00 bits per heavy atom. The number of nitrogens with two attached hydrogens (primary N) is 1. The van der Waals surface area contributed by atoms with Crippen molar-refractivity contribution in [1.29, 1.82) is 0 Å². The normalized spacial score (nSPS) is 11.3. The summed E-state index contributed by atoms with van der Waals surface area (Å²) in [6.07, 6.45) is 1.82. The Morgan fingerprint density at radius 2 is 1.62 bits per heavy atom. The first-order valence-electron chi connectivity index (χ1n) is 7.95. The largest absolute Gasteiger partial charge is 0.480 e. The van der Waals surface area contributed by atoms with Crippen molar-refractivity contribution in [1.82, 2.24) is 0 Å². The number of hydrogen-bond acceptors (Lipinski definition) is 5. The van der Waals surface area contributed by atoms with Gasteiger partial charge in [0.1, 0.15) is 12.6 Å². The summed E-state index contributed by atoms with van der Waals surface area (Å²) in [7, 11) is 0. The van der Waals surface area contributed by atoms with E-state index >= 15 is 0 Å². The van der Waals surface area contributed by atoms with E-state index in [2.05, 4.69) is 18.2 Å². The van der Waals surface area contributed by atoms with Gasteiger partial charge in [-0.15, -0.1) is 12.4 Å². The highest BCUT2D eigenvalue weighted by atomic mass is 35.5. The van der Waals surface area contributed by atoms with Gasteiger partial charge >= 0.3 is 11.3 Å². The molecule has 26 heavy (non-hydrogen) atoms. The zero-order chi connectivity index (χ0) is 18.1. The van der Waals surface area contributed by atoms with Crippen molar-refractivity contribution in [2.75, 3.05) is 6.61 Å². The molecule has 7 heteroatoms. The third kappa shape index (κ3) is 7.47. The summed E-state index contributed by atoms with van der Waals surface area (Å²) in [6.45, 7) is -0.323. The van der Waals surface area contributed by atoms with Gasteiger partial charge < -0.3 is 15.6 Å². The fourth-order valence-corrected chi connectivity index (χ4v) is 2.98. The minimum absolute atomic E-state index is 0. The quantitative estimate of drug-likeness (QED) is 0.663. The van der Waals surface area contributed by atoms with E-state index in [9.17, 15) is 9.59 Å². The predicted octanol–water partition coefficient (Wildman–Crippen LogP) is 3.68. The molecule has 2 aromatic rings. The van der Waals surface area contributed by atoms with Crippen molar-refractivity contribution in [2.24, 2.45) is 5.73 Å². The average molecular weight is 396 g/mol. The molecule has 140 valence electrons. The van der Waals surface area contributed by atoms with Gasteiger partial charge in [-0.2, -0.15) is 0 Å². The van der Waals surface area contributed by atoms with E-state index in [0.717, 1.165) is 30.2 Å². The Morgan fingerprint density at radius 3 is 2.27 bits per heavy atom. The minimum Gasteiger partial charge on any atom is -0.480 e. The number of thioether (sulfide) groups is 1. The van der Waals surface area contributed by atoms with Crippen LogP contribution in [0.2, 0.25) is 0 Å². The molecule has 0 aliphatic rings. The maximum Gasteiger partial charge on any atom is 0.367 e. The van der Waals surface area contributed by atoms with E-state index < -0.39 is 17.3 Å². The van der Waals surface area contributed by atoms with E-state index in [1.807, 2.05) is 36.4 Å². The van der Waals surface area contributed by atoms with Crippen molar-refractivity contribution in [3.8, 4) is 0 Å². The summed E-state index contributed by atoms with van der Waals surface area (Å²) in [5.74, 6) is -0.712. The lowest BCUT2D eigenvalue weighted by Gasteiger charge is -2.10. The summed E-state index contributed by atoms with van der Waals surface area (Å²) < 4.78 is 4.87. The standard InChI is InChI=1S/C19H21NO4S.ClH/c20-17(18(21)22)12-24-19(23)25-13-16-9-5-4-8-15(16)11-10-14-6-2-1-3-7-14;/h1-9,17H,10-13,20H2,(H,21,22);1H. The van der Waals surface area contributed by atoms with Crippen LogP contribution in [0.3, 0.4) is 0 Å². The van der Waals surface area contributed by atoms with Crippen LogP contribution in [0.5, 0.6) is 0 Å². The summed E-state index contributed by atoms with van der Waals surface area (Å²) in [4.78, 5) is 22.3. The van der Waals surface area contributed by atoms with Crippen molar-refractivity contribution < 1.29 is 19.4 Å². The lowest BCUT2D eigenvalue weighted by Crippen LogP contribution is -2.35. The van der Waals surface area contributed by atoms with Crippen LogP contribution in [-0.4, -0.2) is 29.0 Å². The monoisotopic (exact) mass is 395 g/mol. The Kier molecular flexibility index (Phi) is 9.80. The Hall–Kier alpha value is -2.02. The van der Waals surface area contributed by atoms with Crippen molar-refractivity contribution >= 4 is 35.4 Å². The van der Waals surface area contributed by atoms with Crippen LogP contribution < -0.4 is 5.73 Å². The number of carbonyl (C=O) groups is 2. The van der Waals surface area contributed by atoms with Gasteiger partial charge in [0.15, 0.2) is 0 Å². The molecule has 0 spiro atoms. The van der Waals surface area contributed by atoms with Crippen LogP contribution in [-0.2, 0) is 28.1 Å². The number of benzene rings is 2. The smallest absolute Gasteiger partial charge is 0.367 e. The van der Waals surface area contributed by atoms with E-state index in [4.69, 9.17) is 15.6 Å². The number of carboxylic acids is 1. The predicted molar refractivity (Wildman–Crippen MR) is 106 cm³/mol. The molecule has 0 amide bonds. The number of halogens is 1. The molecule has 0 heterocycles. The molecule has 0 aromatic heterocycles. The lowest BCUT2D eigenvalue weighted by molar-refractivity contribution is -0.139. The maximum absolute atomic E-state index is 11.7. The van der Waals surface area contributed by atoms with Crippen LogP contribution in [0.1, 0.15) is 16.7 Å². The highest BCUT2D eigenvalue weighted by Crippen LogP contribution is 2.20. The first kappa shape index (κ1) is 22.0. The summed E-state index contributed by atoms with van der Waals surface area (Å²) in [5.41, 5.74) is 8.84. The maximum atomic E-state index is 11.7. The fourth-order valence-electron chi connectivity index (χ4n) is 2.27.